The maximum atomic E-state index is 8.69. The quantitative estimate of drug-likeness (QED) is 0.558. The van der Waals surface area contributed by atoms with Crippen molar-refractivity contribution in [1.29, 1.82) is 5.26 Å². The molecule has 1 atom stereocenters. The van der Waals surface area contributed by atoms with Crippen LogP contribution in [0.15, 0.2) is 0 Å². The van der Waals surface area contributed by atoms with E-state index in [2.05, 4.69) is 18.3 Å². The van der Waals surface area contributed by atoms with Crippen LogP contribution >= 0.6 is 0 Å². The summed E-state index contributed by atoms with van der Waals surface area (Å²) in [5.41, 5.74) is 0. The average molecular weight is 170 g/mol. The highest BCUT2D eigenvalue weighted by atomic mass is 16.3. The standard InChI is InChI=1S/C9H18N2O/c1-2-9(4-7-12)8-11-6-3-5-10/h9,11-12H,2-4,6-8H2,1H3. The van der Waals surface area contributed by atoms with Crippen molar-refractivity contribution in [3.63, 3.8) is 0 Å². The van der Waals surface area contributed by atoms with Gasteiger partial charge in [-0.3, -0.25) is 0 Å². The molecule has 0 spiro atoms. The fourth-order valence-corrected chi connectivity index (χ4v) is 1.08. The minimum atomic E-state index is 0.262. The summed E-state index contributed by atoms with van der Waals surface area (Å²) >= 11 is 0. The summed E-state index contributed by atoms with van der Waals surface area (Å²) in [6, 6.07) is 2.08. The minimum absolute atomic E-state index is 0.262. The van der Waals surface area contributed by atoms with E-state index in [-0.39, 0.29) is 6.61 Å². The number of rotatable bonds is 7. The molecule has 3 heteroatoms. The Kier molecular flexibility index (Phi) is 8.09. The van der Waals surface area contributed by atoms with Crippen molar-refractivity contribution < 1.29 is 5.11 Å². The molecule has 0 aliphatic carbocycles. The molecule has 0 saturated carbocycles. The maximum Gasteiger partial charge on any atom is 0.0635 e. The molecule has 0 aliphatic heterocycles. The third-order valence-electron chi connectivity index (χ3n) is 1.96. The molecule has 1 unspecified atom stereocenters. The molecular weight excluding hydrogens is 152 g/mol. The van der Waals surface area contributed by atoms with Gasteiger partial charge in [-0.05, 0) is 18.9 Å². The van der Waals surface area contributed by atoms with Crippen molar-refractivity contribution in [2.45, 2.75) is 26.2 Å². The van der Waals surface area contributed by atoms with Crippen LogP contribution in [0.2, 0.25) is 0 Å². The zero-order chi connectivity index (χ0) is 9.23. The molecule has 0 amide bonds. The Morgan fingerprint density at radius 3 is 2.83 bits per heavy atom. The lowest BCUT2D eigenvalue weighted by molar-refractivity contribution is 0.251. The monoisotopic (exact) mass is 170 g/mol. The molecule has 0 aromatic heterocycles. The van der Waals surface area contributed by atoms with E-state index in [4.69, 9.17) is 10.4 Å². The molecule has 70 valence electrons. The van der Waals surface area contributed by atoms with Crippen molar-refractivity contribution in [3.05, 3.63) is 0 Å². The Bertz CT molecular complexity index is 131. The first kappa shape index (κ1) is 11.4. The van der Waals surface area contributed by atoms with Gasteiger partial charge in [0.05, 0.1) is 6.07 Å². The lowest BCUT2D eigenvalue weighted by Gasteiger charge is -2.13. The van der Waals surface area contributed by atoms with Crippen molar-refractivity contribution >= 4 is 0 Å². The van der Waals surface area contributed by atoms with Crippen LogP contribution in [0.1, 0.15) is 26.2 Å². The summed E-state index contributed by atoms with van der Waals surface area (Å²) in [4.78, 5) is 0. The SMILES string of the molecule is CCC(CCO)CNCCC#N. The molecule has 0 radical (unpaired) electrons. The van der Waals surface area contributed by atoms with Gasteiger partial charge in [0.2, 0.25) is 0 Å². The Morgan fingerprint density at radius 1 is 1.58 bits per heavy atom. The fourth-order valence-electron chi connectivity index (χ4n) is 1.08. The summed E-state index contributed by atoms with van der Waals surface area (Å²) < 4.78 is 0. The molecule has 0 rings (SSSR count). The van der Waals surface area contributed by atoms with Crippen LogP contribution in [-0.2, 0) is 0 Å². The minimum Gasteiger partial charge on any atom is -0.396 e. The van der Waals surface area contributed by atoms with E-state index in [1.165, 1.54) is 0 Å². The summed E-state index contributed by atoms with van der Waals surface area (Å²) in [5, 5.41) is 20.1. The second-order valence-electron chi connectivity index (χ2n) is 2.90. The second kappa shape index (κ2) is 8.51. The number of hydrogen-bond acceptors (Lipinski definition) is 3. The molecule has 12 heavy (non-hydrogen) atoms. The molecule has 0 bridgehead atoms. The molecule has 2 N–H and O–H groups in total. The molecule has 0 aliphatic rings. The van der Waals surface area contributed by atoms with Gasteiger partial charge in [0.1, 0.15) is 0 Å². The molecule has 0 saturated heterocycles. The largest absolute Gasteiger partial charge is 0.396 e. The Labute approximate surface area is 74.4 Å². The van der Waals surface area contributed by atoms with Crippen LogP contribution in [0.3, 0.4) is 0 Å². The van der Waals surface area contributed by atoms with E-state index < -0.39 is 0 Å². The summed E-state index contributed by atoms with van der Waals surface area (Å²) in [5.74, 6) is 0.550. The first-order valence-corrected chi connectivity index (χ1v) is 4.53. The number of aliphatic hydroxyl groups is 1. The van der Waals surface area contributed by atoms with Gasteiger partial charge in [-0.1, -0.05) is 13.3 Å². The Balaban J connectivity index is 3.26. The summed E-state index contributed by atoms with van der Waals surface area (Å²) in [7, 11) is 0. The Morgan fingerprint density at radius 2 is 2.33 bits per heavy atom. The highest BCUT2D eigenvalue weighted by Crippen LogP contribution is 2.05. The number of aliphatic hydroxyl groups excluding tert-OH is 1. The molecule has 0 aromatic carbocycles. The van der Waals surface area contributed by atoms with Gasteiger partial charge in [0, 0.05) is 19.6 Å². The highest BCUT2D eigenvalue weighted by molar-refractivity contribution is 4.71. The smallest absolute Gasteiger partial charge is 0.0635 e. The zero-order valence-electron chi connectivity index (χ0n) is 7.71. The molecule has 3 nitrogen and oxygen atoms in total. The van der Waals surface area contributed by atoms with E-state index in [1.54, 1.807) is 0 Å². The first-order valence-electron chi connectivity index (χ1n) is 4.53. The molecule has 0 aromatic rings. The van der Waals surface area contributed by atoms with Crippen molar-refractivity contribution in [3.8, 4) is 6.07 Å². The lowest BCUT2D eigenvalue weighted by Crippen LogP contribution is -2.24. The third kappa shape index (κ3) is 6.14. The van der Waals surface area contributed by atoms with E-state index >= 15 is 0 Å². The number of nitrogens with one attached hydrogen (secondary N) is 1. The van der Waals surface area contributed by atoms with Gasteiger partial charge < -0.3 is 10.4 Å². The molecule has 0 heterocycles. The highest BCUT2D eigenvalue weighted by Gasteiger charge is 2.03. The Hall–Kier alpha value is -0.590. The average Bonchev–Trinajstić information content (AvgIpc) is 2.10. The molecule has 0 fully saturated rings. The fraction of sp³-hybridized carbons (Fsp3) is 0.889. The van der Waals surface area contributed by atoms with Crippen LogP contribution in [0.25, 0.3) is 0 Å². The van der Waals surface area contributed by atoms with Gasteiger partial charge in [0.15, 0.2) is 0 Å². The topological polar surface area (TPSA) is 56.0 Å². The van der Waals surface area contributed by atoms with Gasteiger partial charge >= 0.3 is 0 Å². The second-order valence-corrected chi connectivity index (χ2v) is 2.90. The van der Waals surface area contributed by atoms with Crippen LogP contribution in [0.4, 0.5) is 0 Å². The van der Waals surface area contributed by atoms with Crippen LogP contribution < -0.4 is 5.32 Å². The van der Waals surface area contributed by atoms with E-state index in [1.807, 2.05) is 0 Å². The third-order valence-corrected chi connectivity index (χ3v) is 1.96. The number of nitrogens with zero attached hydrogens (tertiary/aromatic N) is 1. The predicted octanol–water partition coefficient (Wildman–Crippen LogP) is 0.898. The van der Waals surface area contributed by atoms with Crippen molar-refractivity contribution in [2.75, 3.05) is 19.7 Å². The van der Waals surface area contributed by atoms with Gasteiger partial charge in [-0.15, -0.1) is 0 Å². The summed E-state index contributed by atoms with van der Waals surface area (Å²) in [6.45, 7) is 4.06. The molecular formula is C9H18N2O. The first-order chi connectivity index (χ1) is 5.85. The van der Waals surface area contributed by atoms with Crippen molar-refractivity contribution in [2.24, 2.45) is 5.92 Å². The van der Waals surface area contributed by atoms with Gasteiger partial charge in [0.25, 0.3) is 0 Å². The predicted molar refractivity (Wildman–Crippen MR) is 48.6 cm³/mol. The van der Waals surface area contributed by atoms with E-state index in [0.717, 1.165) is 25.9 Å². The van der Waals surface area contributed by atoms with Crippen LogP contribution in [0, 0.1) is 17.2 Å². The van der Waals surface area contributed by atoms with Gasteiger partial charge in [-0.2, -0.15) is 5.26 Å². The summed E-state index contributed by atoms with van der Waals surface area (Å²) in [6.07, 6.45) is 2.51. The zero-order valence-corrected chi connectivity index (χ0v) is 7.71. The van der Waals surface area contributed by atoms with Gasteiger partial charge in [-0.25, -0.2) is 0 Å². The van der Waals surface area contributed by atoms with Crippen LogP contribution in [0.5, 0.6) is 0 Å². The maximum absolute atomic E-state index is 8.69. The number of nitriles is 1. The number of hydrogen-bond donors (Lipinski definition) is 2. The van der Waals surface area contributed by atoms with E-state index in [0.29, 0.717) is 12.3 Å². The van der Waals surface area contributed by atoms with Crippen LogP contribution in [-0.4, -0.2) is 24.8 Å². The van der Waals surface area contributed by atoms with E-state index in [9.17, 15) is 0 Å². The van der Waals surface area contributed by atoms with Crippen molar-refractivity contribution in [1.82, 2.24) is 5.32 Å². The lowest BCUT2D eigenvalue weighted by atomic mass is 10.0. The normalized spacial score (nSPS) is 12.4.